The van der Waals surface area contributed by atoms with Crippen LogP contribution in [0.5, 0.6) is 0 Å². The van der Waals surface area contributed by atoms with Crippen LogP contribution in [0.2, 0.25) is 0 Å². The third-order valence-corrected chi connectivity index (χ3v) is 8.31. The Morgan fingerprint density at radius 1 is 1.08 bits per heavy atom. The first-order valence-electron chi connectivity index (χ1n) is 11.3. The molecule has 1 saturated heterocycles. The van der Waals surface area contributed by atoms with Crippen molar-refractivity contribution in [2.45, 2.75) is 30.6 Å². The molecule has 2 aromatic heterocycles. The molecule has 1 unspecified atom stereocenters. The van der Waals surface area contributed by atoms with Gasteiger partial charge in [-0.25, -0.2) is 22.4 Å². The highest BCUT2D eigenvalue weighted by atomic mass is 32.2. The molecule has 5 nitrogen and oxygen atoms in total. The van der Waals surface area contributed by atoms with Gasteiger partial charge in [0, 0.05) is 36.6 Å². The maximum Gasteiger partial charge on any atom is 0.156 e. The van der Waals surface area contributed by atoms with Gasteiger partial charge in [0.05, 0.1) is 26.2 Å². The highest BCUT2D eigenvalue weighted by molar-refractivity contribution is 7.86. The number of halogens is 3. The second kappa shape index (κ2) is 10.5. The van der Waals surface area contributed by atoms with Crippen molar-refractivity contribution in [1.82, 2.24) is 9.97 Å². The molecule has 1 atom stereocenters. The Hall–Kier alpha value is -3.08. The summed E-state index contributed by atoms with van der Waals surface area (Å²) in [5.74, 6) is -2.06. The topological polar surface area (TPSA) is 64.1 Å². The number of aromatic nitrogens is 2. The fourth-order valence-electron chi connectivity index (χ4n) is 4.09. The molecule has 0 aliphatic carbocycles. The number of benzene rings is 2. The summed E-state index contributed by atoms with van der Waals surface area (Å²) in [6, 6.07) is 11.0. The molecule has 0 amide bonds. The van der Waals surface area contributed by atoms with Crippen molar-refractivity contribution in [2.75, 3.05) is 17.9 Å². The average molecular weight is 530 g/mol. The summed E-state index contributed by atoms with van der Waals surface area (Å²) in [7, 11) is -2.22. The van der Waals surface area contributed by atoms with E-state index in [0.717, 1.165) is 52.2 Å². The number of rotatable bonds is 6. The van der Waals surface area contributed by atoms with E-state index in [1.165, 1.54) is 17.4 Å². The number of pyridine rings is 1. The second-order valence-corrected chi connectivity index (χ2v) is 10.6. The summed E-state index contributed by atoms with van der Waals surface area (Å²) in [5, 5.41) is 0.904. The fraction of sp³-hybridized carbons (Fsp3) is 0.231. The SMILES string of the molecule is Cc1cc(-c2sc(C3CCOCC3)nc2-c2cccc(NS(=O)c3cc(F)ccc3F)c2F)ccn1. The van der Waals surface area contributed by atoms with Gasteiger partial charge in [0.25, 0.3) is 0 Å². The Balaban J connectivity index is 1.56. The fourth-order valence-corrected chi connectivity index (χ4v) is 6.27. The molecule has 186 valence electrons. The van der Waals surface area contributed by atoms with Gasteiger partial charge in [0.2, 0.25) is 0 Å². The lowest BCUT2D eigenvalue weighted by Gasteiger charge is -2.19. The van der Waals surface area contributed by atoms with E-state index in [2.05, 4.69) is 9.71 Å². The van der Waals surface area contributed by atoms with Crippen LogP contribution in [-0.4, -0.2) is 27.4 Å². The first-order valence-corrected chi connectivity index (χ1v) is 13.3. The van der Waals surface area contributed by atoms with E-state index in [-0.39, 0.29) is 17.2 Å². The molecule has 1 aliphatic heterocycles. The highest BCUT2D eigenvalue weighted by Gasteiger charge is 2.25. The van der Waals surface area contributed by atoms with Gasteiger partial charge < -0.3 is 4.74 Å². The highest BCUT2D eigenvalue weighted by Crippen LogP contribution is 2.43. The number of hydrogen-bond acceptors (Lipinski definition) is 5. The zero-order chi connectivity index (χ0) is 25.2. The normalized spacial score (nSPS) is 15.1. The smallest absolute Gasteiger partial charge is 0.156 e. The number of thiazole rings is 1. The zero-order valence-corrected chi connectivity index (χ0v) is 20.9. The lowest BCUT2D eigenvalue weighted by molar-refractivity contribution is 0.0853. The first-order chi connectivity index (χ1) is 17.4. The van der Waals surface area contributed by atoms with E-state index in [0.29, 0.717) is 18.9 Å². The van der Waals surface area contributed by atoms with E-state index < -0.39 is 33.3 Å². The van der Waals surface area contributed by atoms with Gasteiger partial charge in [-0.1, -0.05) is 6.07 Å². The molecule has 10 heteroatoms. The van der Waals surface area contributed by atoms with E-state index in [1.54, 1.807) is 18.3 Å². The lowest BCUT2D eigenvalue weighted by Crippen LogP contribution is -2.13. The van der Waals surface area contributed by atoms with Crippen molar-refractivity contribution < 1.29 is 22.1 Å². The van der Waals surface area contributed by atoms with Crippen LogP contribution in [0.1, 0.15) is 29.5 Å². The Morgan fingerprint density at radius 2 is 1.89 bits per heavy atom. The number of aryl methyl sites for hydroxylation is 1. The Labute approximate surface area is 213 Å². The van der Waals surface area contributed by atoms with Gasteiger partial charge in [-0.05, 0) is 67.8 Å². The van der Waals surface area contributed by atoms with Gasteiger partial charge in [0.15, 0.2) is 16.8 Å². The Morgan fingerprint density at radius 3 is 2.67 bits per heavy atom. The molecule has 0 radical (unpaired) electrons. The van der Waals surface area contributed by atoms with Gasteiger partial charge in [0.1, 0.15) is 11.6 Å². The molecule has 3 heterocycles. The summed E-state index contributed by atoms with van der Waals surface area (Å²) >= 11 is 1.52. The quantitative estimate of drug-likeness (QED) is 0.305. The standard InChI is InChI=1S/C26H22F3N3O2S2/c1-15-13-17(7-10-30-15)25-24(31-26(35-25)16-8-11-34-12-9-16)19-3-2-4-21(23(19)29)32-36(33)22-14-18(27)5-6-20(22)28/h2-7,10,13-14,16,32H,8-9,11-12H2,1H3. The molecule has 1 aliphatic rings. The molecule has 2 aromatic carbocycles. The molecular weight excluding hydrogens is 507 g/mol. The van der Waals surface area contributed by atoms with Crippen molar-refractivity contribution in [3.8, 4) is 21.7 Å². The van der Waals surface area contributed by atoms with Gasteiger partial charge in [-0.3, -0.25) is 9.71 Å². The van der Waals surface area contributed by atoms with Crippen LogP contribution >= 0.6 is 11.3 Å². The third kappa shape index (κ3) is 5.07. The van der Waals surface area contributed by atoms with Crippen LogP contribution in [0.3, 0.4) is 0 Å². The minimum atomic E-state index is -2.22. The van der Waals surface area contributed by atoms with E-state index in [9.17, 15) is 13.0 Å². The molecule has 0 spiro atoms. The van der Waals surface area contributed by atoms with Gasteiger partial charge >= 0.3 is 0 Å². The largest absolute Gasteiger partial charge is 0.381 e. The molecule has 0 saturated carbocycles. The van der Waals surface area contributed by atoms with E-state index in [1.807, 2.05) is 19.1 Å². The van der Waals surface area contributed by atoms with Crippen molar-refractivity contribution >= 4 is 28.0 Å². The minimum Gasteiger partial charge on any atom is -0.381 e. The molecule has 0 bridgehead atoms. The van der Waals surface area contributed by atoms with Crippen LogP contribution < -0.4 is 4.72 Å². The predicted octanol–water partition coefficient (Wildman–Crippen LogP) is 6.63. The summed E-state index contributed by atoms with van der Waals surface area (Å²) in [6.07, 6.45) is 3.38. The molecule has 4 aromatic rings. The number of ether oxygens (including phenoxy) is 1. The first kappa shape index (κ1) is 24.6. The maximum absolute atomic E-state index is 15.8. The second-order valence-electron chi connectivity index (χ2n) is 8.42. The minimum absolute atomic E-state index is 0.105. The molecule has 36 heavy (non-hydrogen) atoms. The average Bonchev–Trinajstić information content (AvgIpc) is 3.32. The molecule has 5 rings (SSSR count). The van der Waals surface area contributed by atoms with Crippen LogP contribution in [0.4, 0.5) is 18.9 Å². The van der Waals surface area contributed by atoms with Crippen LogP contribution in [0.15, 0.2) is 59.6 Å². The van der Waals surface area contributed by atoms with Crippen molar-refractivity contribution in [1.29, 1.82) is 0 Å². The summed E-state index contributed by atoms with van der Waals surface area (Å²) < 4.78 is 64.2. The van der Waals surface area contributed by atoms with E-state index >= 15 is 4.39 Å². The summed E-state index contributed by atoms with van der Waals surface area (Å²) in [4.78, 5) is 9.53. The number of anilines is 1. The Kier molecular flexibility index (Phi) is 7.17. The maximum atomic E-state index is 15.8. The number of hydrogen-bond donors (Lipinski definition) is 1. The Bertz CT molecular complexity index is 1440. The predicted molar refractivity (Wildman–Crippen MR) is 135 cm³/mol. The molecular formula is C26H22F3N3O2S2. The lowest BCUT2D eigenvalue weighted by atomic mass is 10.0. The number of nitrogens with zero attached hydrogens (tertiary/aromatic N) is 2. The van der Waals surface area contributed by atoms with Crippen LogP contribution in [0.25, 0.3) is 21.7 Å². The van der Waals surface area contributed by atoms with Crippen LogP contribution in [-0.2, 0) is 15.7 Å². The van der Waals surface area contributed by atoms with Gasteiger partial charge in [-0.2, -0.15) is 0 Å². The van der Waals surface area contributed by atoms with Crippen molar-refractivity contribution in [2.24, 2.45) is 0 Å². The zero-order valence-electron chi connectivity index (χ0n) is 19.3. The molecule has 1 fully saturated rings. The molecule has 1 N–H and O–H groups in total. The van der Waals surface area contributed by atoms with Crippen molar-refractivity contribution in [3.63, 3.8) is 0 Å². The van der Waals surface area contributed by atoms with Crippen LogP contribution in [0, 0.1) is 24.4 Å². The summed E-state index contributed by atoms with van der Waals surface area (Å²) in [6.45, 7) is 3.19. The van der Waals surface area contributed by atoms with Crippen molar-refractivity contribution in [3.05, 3.63) is 82.9 Å². The van der Waals surface area contributed by atoms with Gasteiger partial charge in [-0.15, -0.1) is 11.3 Å². The third-order valence-electron chi connectivity index (χ3n) is 5.92. The monoisotopic (exact) mass is 529 g/mol. The number of nitrogens with one attached hydrogen (secondary N) is 1. The summed E-state index contributed by atoms with van der Waals surface area (Å²) in [5.41, 5.74) is 2.28. The van der Waals surface area contributed by atoms with E-state index in [4.69, 9.17) is 9.72 Å².